The van der Waals surface area contributed by atoms with Crippen LogP contribution in [0.5, 0.6) is 0 Å². The minimum absolute atomic E-state index is 0.198. The number of methoxy groups -OCH3 is 1. The summed E-state index contributed by atoms with van der Waals surface area (Å²) in [6.45, 7) is 0.416. The first-order valence-electron chi connectivity index (χ1n) is 12.2. The van der Waals surface area contributed by atoms with E-state index in [4.69, 9.17) is 4.74 Å². The number of carbonyl (C=O) groups excluding carboxylic acids is 2. The molecule has 12 heteroatoms. The van der Waals surface area contributed by atoms with E-state index in [-0.39, 0.29) is 16.8 Å². The summed E-state index contributed by atoms with van der Waals surface area (Å²) in [6.07, 6.45) is 3.65. The van der Waals surface area contributed by atoms with Crippen LogP contribution in [0.3, 0.4) is 0 Å². The summed E-state index contributed by atoms with van der Waals surface area (Å²) in [7, 11) is -2.33. The average molecular weight is 593 g/mol. The molecule has 204 valence electrons. The van der Waals surface area contributed by atoms with Gasteiger partial charge in [-0.25, -0.2) is 13.2 Å². The van der Waals surface area contributed by atoms with Gasteiger partial charge in [0, 0.05) is 18.4 Å². The summed E-state index contributed by atoms with van der Waals surface area (Å²) in [5, 5.41) is 11.2. The van der Waals surface area contributed by atoms with E-state index in [2.05, 4.69) is 15.5 Å². The number of esters is 1. The number of amides is 1. The van der Waals surface area contributed by atoms with Crippen molar-refractivity contribution in [2.24, 2.45) is 0 Å². The van der Waals surface area contributed by atoms with Gasteiger partial charge in [0.25, 0.3) is 10.0 Å². The zero-order valence-corrected chi connectivity index (χ0v) is 23.8. The zero-order chi connectivity index (χ0) is 28.1. The van der Waals surface area contributed by atoms with Gasteiger partial charge in [-0.15, -0.1) is 10.2 Å². The lowest BCUT2D eigenvalue weighted by atomic mass is 10.1. The van der Waals surface area contributed by atoms with Crippen LogP contribution in [0.15, 0.2) is 88.1 Å². The van der Waals surface area contributed by atoms with E-state index in [1.165, 1.54) is 40.6 Å². The molecule has 0 saturated heterocycles. The molecule has 3 aromatic carbocycles. The summed E-state index contributed by atoms with van der Waals surface area (Å²) in [6, 6.07) is 21.0. The molecule has 1 aromatic heterocycles. The third kappa shape index (κ3) is 6.24. The highest BCUT2D eigenvalue weighted by Crippen LogP contribution is 2.33. The van der Waals surface area contributed by atoms with Crippen LogP contribution in [0.4, 0.5) is 10.8 Å². The molecule has 9 nitrogen and oxygen atoms in total. The SMILES string of the molecule is COC(=O)c1ccc(CSc2nnc(NC(=O)C=Cc3ccc(S(=O)(=O)N4CCc5ccccc54)cc3)s2)cc1. The smallest absolute Gasteiger partial charge is 0.337 e. The summed E-state index contributed by atoms with van der Waals surface area (Å²) in [4.78, 5) is 24.1. The van der Waals surface area contributed by atoms with Crippen molar-refractivity contribution in [1.82, 2.24) is 10.2 Å². The van der Waals surface area contributed by atoms with Gasteiger partial charge in [-0.05, 0) is 59.5 Å². The molecule has 1 aliphatic rings. The number of sulfonamides is 1. The number of benzene rings is 3. The van der Waals surface area contributed by atoms with Gasteiger partial charge in [-0.1, -0.05) is 65.6 Å². The Morgan fingerprint density at radius 3 is 2.55 bits per heavy atom. The van der Waals surface area contributed by atoms with Crippen LogP contribution in [-0.4, -0.2) is 44.1 Å². The molecule has 0 radical (unpaired) electrons. The van der Waals surface area contributed by atoms with Crippen LogP contribution < -0.4 is 9.62 Å². The van der Waals surface area contributed by atoms with Gasteiger partial charge < -0.3 is 4.74 Å². The Labute approximate surface area is 240 Å². The van der Waals surface area contributed by atoms with Gasteiger partial charge in [0.1, 0.15) is 0 Å². The van der Waals surface area contributed by atoms with Crippen molar-refractivity contribution in [1.29, 1.82) is 0 Å². The number of hydrogen-bond acceptors (Lipinski definition) is 9. The molecule has 0 atom stereocenters. The number of fused-ring (bicyclic) bond motifs is 1. The molecule has 0 unspecified atom stereocenters. The highest BCUT2D eigenvalue weighted by Gasteiger charge is 2.30. The second-order valence-corrected chi connectivity index (χ2v) is 12.8. The van der Waals surface area contributed by atoms with Crippen LogP contribution in [-0.2, 0) is 31.7 Å². The molecule has 0 bridgehead atoms. The van der Waals surface area contributed by atoms with Crippen molar-refractivity contribution in [3.63, 3.8) is 0 Å². The monoisotopic (exact) mass is 592 g/mol. The number of aromatic nitrogens is 2. The molecule has 1 amide bonds. The Balaban J connectivity index is 1.14. The molecular formula is C28H24N4O5S3. The average Bonchev–Trinajstić information content (AvgIpc) is 3.62. The zero-order valence-electron chi connectivity index (χ0n) is 21.3. The Morgan fingerprint density at radius 1 is 1.05 bits per heavy atom. The maximum Gasteiger partial charge on any atom is 0.337 e. The van der Waals surface area contributed by atoms with Crippen LogP contribution in [0, 0.1) is 0 Å². The van der Waals surface area contributed by atoms with E-state index in [1.807, 2.05) is 36.4 Å². The van der Waals surface area contributed by atoms with Crippen LogP contribution in [0.1, 0.15) is 27.0 Å². The van der Waals surface area contributed by atoms with Gasteiger partial charge in [-0.3, -0.25) is 14.4 Å². The summed E-state index contributed by atoms with van der Waals surface area (Å²) >= 11 is 2.72. The minimum Gasteiger partial charge on any atom is -0.465 e. The second-order valence-electron chi connectivity index (χ2n) is 8.70. The standard InChI is InChI=1S/C28H24N4O5S3/c1-37-26(34)22-11-6-20(7-12-22)18-38-28-31-30-27(39-28)29-25(33)15-10-19-8-13-23(14-9-19)40(35,36)32-17-16-21-4-2-3-5-24(21)32/h2-15H,16-18H2,1H3,(H,29,30,33). The number of para-hydroxylation sites is 1. The quantitative estimate of drug-likeness (QED) is 0.125. The molecule has 1 N–H and O–H groups in total. The van der Waals surface area contributed by atoms with Crippen molar-refractivity contribution in [3.8, 4) is 0 Å². The first kappa shape index (κ1) is 27.6. The first-order valence-corrected chi connectivity index (χ1v) is 15.4. The van der Waals surface area contributed by atoms with Crippen molar-refractivity contribution >= 4 is 61.9 Å². The molecule has 2 heterocycles. The first-order chi connectivity index (χ1) is 19.3. The number of nitrogens with zero attached hydrogens (tertiary/aromatic N) is 3. The lowest BCUT2D eigenvalue weighted by Gasteiger charge is -2.19. The molecule has 5 rings (SSSR count). The van der Waals surface area contributed by atoms with Gasteiger partial charge in [0.15, 0.2) is 4.34 Å². The van der Waals surface area contributed by atoms with Crippen molar-refractivity contribution in [3.05, 3.63) is 101 Å². The molecule has 0 saturated carbocycles. The topological polar surface area (TPSA) is 119 Å². The van der Waals surface area contributed by atoms with E-state index < -0.39 is 10.0 Å². The van der Waals surface area contributed by atoms with Gasteiger partial charge in [0.2, 0.25) is 11.0 Å². The molecule has 4 aromatic rings. The number of nitrogens with one attached hydrogen (secondary N) is 1. The highest BCUT2D eigenvalue weighted by molar-refractivity contribution is 8.00. The van der Waals surface area contributed by atoms with E-state index in [0.717, 1.165) is 16.8 Å². The highest BCUT2D eigenvalue weighted by atomic mass is 32.2. The van der Waals surface area contributed by atoms with Gasteiger partial charge in [-0.2, -0.15) is 0 Å². The molecule has 0 spiro atoms. The summed E-state index contributed by atoms with van der Waals surface area (Å²) in [5.41, 5.74) is 3.91. The number of ether oxygens (including phenoxy) is 1. The van der Waals surface area contributed by atoms with Crippen molar-refractivity contribution in [2.75, 3.05) is 23.3 Å². The fraction of sp³-hybridized carbons (Fsp3) is 0.143. The van der Waals surface area contributed by atoms with Gasteiger partial charge in [0.05, 0.1) is 23.3 Å². The van der Waals surface area contributed by atoms with Crippen molar-refractivity contribution in [2.45, 2.75) is 21.4 Å². The minimum atomic E-state index is -3.67. The van der Waals surface area contributed by atoms with Crippen LogP contribution in [0.2, 0.25) is 0 Å². The third-order valence-corrected chi connectivity index (χ3v) is 9.98. The predicted octanol–water partition coefficient (Wildman–Crippen LogP) is 5.02. The Hall–Kier alpha value is -4.00. The van der Waals surface area contributed by atoms with E-state index in [0.29, 0.717) is 39.3 Å². The normalized spacial score (nSPS) is 12.9. The molecule has 0 fully saturated rings. The summed E-state index contributed by atoms with van der Waals surface area (Å²) < 4.78 is 33.2. The molecule has 40 heavy (non-hydrogen) atoms. The van der Waals surface area contributed by atoms with E-state index in [1.54, 1.807) is 42.5 Å². The number of carbonyl (C=O) groups is 2. The number of anilines is 2. The molecule has 1 aliphatic heterocycles. The predicted molar refractivity (Wildman–Crippen MR) is 156 cm³/mol. The molecular weight excluding hydrogens is 569 g/mol. The second kappa shape index (κ2) is 12.0. The van der Waals surface area contributed by atoms with Crippen LogP contribution in [0.25, 0.3) is 6.08 Å². The van der Waals surface area contributed by atoms with Crippen LogP contribution >= 0.6 is 23.1 Å². The Bertz CT molecular complexity index is 1670. The third-order valence-electron chi connectivity index (χ3n) is 6.11. The lowest BCUT2D eigenvalue weighted by Crippen LogP contribution is -2.29. The Morgan fingerprint density at radius 2 is 1.80 bits per heavy atom. The number of thioether (sulfide) groups is 1. The fourth-order valence-electron chi connectivity index (χ4n) is 4.07. The fourth-order valence-corrected chi connectivity index (χ4v) is 7.29. The Kier molecular flexibility index (Phi) is 8.29. The molecule has 0 aliphatic carbocycles. The lowest BCUT2D eigenvalue weighted by molar-refractivity contribution is -0.111. The van der Waals surface area contributed by atoms with Crippen molar-refractivity contribution < 1.29 is 22.7 Å². The maximum atomic E-state index is 13.2. The van der Waals surface area contributed by atoms with E-state index >= 15 is 0 Å². The largest absolute Gasteiger partial charge is 0.465 e. The maximum absolute atomic E-state index is 13.2. The summed E-state index contributed by atoms with van der Waals surface area (Å²) in [5.74, 6) is -0.136. The number of rotatable bonds is 9. The van der Waals surface area contributed by atoms with Gasteiger partial charge >= 0.3 is 5.97 Å². The number of hydrogen-bond donors (Lipinski definition) is 1. The van der Waals surface area contributed by atoms with E-state index in [9.17, 15) is 18.0 Å².